The van der Waals surface area contributed by atoms with Crippen LogP contribution in [0.4, 0.5) is 0 Å². The molecule has 0 bridgehead atoms. The van der Waals surface area contributed by atoms with E-state index in [-0.39, 0.29) is 0 Å². The predicted octanol–water partition coefficient (Wildman–Crippen LogP) is 14.6. The second-order valence-corrected chi connectivity index (χ2v) is 15.8. The Bertz CT molecular complexity index is 3890. The maximum Gasteiger partial charge on any atom is 0.235 e. The Morgan fingerprint density at radius 3 is 1.63 bits per heavy atom. The number of aromatic nitrogens is 4. The molecule has 0 N–H and O–H groups in total. The fourth-order valence-electron chi connectivity index (χ4n) is 9.72. The van der Waals surface area contributed by atoms with Gasteiger partial charge in [0.25, 0.3) is 0 Å². The Hall–Kier alpha value is -8.08. The minimum absolute atomic E-state index is 0.641. The zero-order valence-electron chi connectivity index (χ0n) is 32.4. The molecule has 0 unspecified atom stereocenters. The van der Waals surface area contributed by atoms with Gasteiger partial charge >= 0.3 is 0 Å². The lowest BCUT2D eigenvalue weighted by Crippen LogP contribution is -2.04. The summed E-state index contributed by atoms with van der Waals surface area (Å²) in [5.41, 5.74) is 10.8. The smallest absolute Gasteiger partial charge is 0.235 e. The molecule has 60 heavy (non-hydrogen) atoms. The molecule has 0 aliphatic heterocycles. The second-order valence-electron chi connectivity index (χ2n) is 15.8. The van der Waals surface area contributed by atoms with E-state index in [0.717, 1.165) is 55.3 Å². The minimum Gasteiger partial charge on any atom is -0.309 e. The number of benzene rings is 10. The molecule has 3 heterocycles. The first-order chi connectivity index (χ1) is 29.7. The van der Waals surface area contributed by atoms with E-state index in [2.05, 4.69) is 215 Å². The fraction of sp³-hybridized carbons (Fsp3) is 0. The highest BCUT2D eigenvalue weighted by molar-refractivity contribution is 6.18. The quantitative estimate of drug-likeness (QED) is 0.179. The number of hydrogen-bond donors (Lipinski definition) is 0. The van der Waals surface area contributed by atoms with Crippen molar-refractivity contribution in [2.24, 2.45) is 0 Å². The molecule has 0 atom stereocenters. The van der Waals surface area contributed by atoms with Crippen LogP contribution in [0.25, 0.3) is 121 Å². The molecule has 0 amide bonds. The van der Waals surface area contributed by atoms with Crippen LogP contribution in [0.5, 0.6) is 0 Å². The Labute approximate surface area is 344 Å². The Kier molecular flexibility index (Phi) is 6.98. The van der Waals surface area contributed by atoms with Gasteiger partial charge in [-0.05, 0) is 98.0 Å². The zero-order valence-corrected chi connectivity index (χ0v) is 32.4. The lowest BCUT2D eigenvalue weighted by atomic mass is 9.97. The Balaban J connectivity index is 1.13. The van der Waals surface area contributed by atoms with Gasteiger partial charge in [-0.1, -0.05) is 152 Å². The first-order valence-corrected chi connectivity index (χ1v) is 20.5. The largest absolute Gasteiger partial charge is 0.309 e. The lowest BCUT2D eigenvalue weighted by molar-refractivity contribution is 1.01. The van der Waals surface area contributed by atoms with Gasteiger partial charge in [0.1, 0.15) is 0 Å². The van der Waals surface area contributed by atoms with Crippen LogP contribution in [0, 0.1) is 0 Å². The van der Waals surface area contributed by atoms with Gasteiger partial charge in [0.2, 0.25) is 5.95 Å². The summed E-state index contributed by atoms with van der Waals surface area (Å²) in [6.45, 7) is 0. The maximum atomic E-state index is 5.66. The fourth-order valence-corrected chi connectivity index (χ4v) is 9.72. The van der Waals surface area contributed by atoms with Crippen molar-refractivity contribution in [2.75, 3.05) is 0 Å². The van der Waals surface area contributed by atoms with Crippen LogP contribution in [-0.2, 0) is 0 Å². The van der Waals surface area contributed by atoms with Crippen molar-refractivity contribution in [3.05, 3.63) is 206 Å². The van der Waals surface area contributed by atoms with Crippen molar-refractivity contribution in [1.29, 1.82) is 0 Å². The topological polar surface area (TPSA) is 35.6 Å². The third kappa shape index (κ3) is 4.85. The van der Waals surface area contributed by atoms with Crippen molar-refractivity contribution >= 4 is 86.8 Å². The van der Waals surface area contributed by atoms with Crippen LogP contribution in [-0.4, -0.2) is 19.1 Å². The molecular weight excluding hydrogens is 729 g/mol. The molecule has 3 aromatic heterocycles. The second kappa shape index (κ2) is 12.7. The van der Waals surface area contributed by atoms with Crippen molar-refractivity contribution < 1.29 is 0 Å². The Morgan fingerprint density at radius 1 is 0.317 bits per heavy atom. The molecule has 4 nitrogen and oxygen atoms in total. The van der Waals surface area contributed by atoms with Gasteiger partial charge in [-0.15, -0.1) is 0 Å². The van der Waals surface area contributed by atoms with E-state index >= 15 is 0 Å². The molecule has 0 radical (unpaired) electrons. The third-order valence-corrected chi connectivity index (χ3v) is 12.4. The van der Waals surface area contributed by atoms with E-state index in [1.165, 1.54) is 59.6 Å². The van der Waals surface area contributed by atoms with Gasteiger partial charge in [-0.25, -0.2) is 9.97 Å². The minimum atomic E-state index is 0.641. The van der Waals surface area contributed by atoms with Gasteiger partial charge in [0.05, 0.1) is 33.3 Å². The predicted molar refractivity (Wildman–Crippen MR) is 252 cm³/mol. The summed E-state index contributed by atoms with van der Waals surface area (Å²) in [6, 6.07) is 74.5. The number of nitrogens with zero attached hydrogens (tertiary/aromatic N) is 4. The molecule has 0 fully saturated rings. The van der Waals surface area contributed by atoms with Crippen LogP contribution < -0.4 is 0 Å². The van der Waals surface area contributed by atoms with Gasteiger partial charge in [-0.2, -0.15) is 0 Å². The molecule has 0 aliphatic rings. The van der Waals surface area contributed by atoms with Crippen LogP contribution in [0.3, 0.4) is 0 Å². The van der Waals surface area contributed by atoms with Gasteiger partial charge in [-0.3, -0.25) is 4.57 Å². The summed E-state index contributed by atoms with van der Waals surface area (Å²) in [4.78, 5) is 11.1. The molecule has 0 saturated heterocycles. The Morgan fingerprint density at radius 2 is 0.867 bits per heavy atom. The van der Waals surface area contributed by atoms with Crippen molar-refractivity contribution in [1.82, 2.24) is 19.1 Å². The van der Waals surface area contributed by atoms with Gasteiger partial charge in [0.15, 0.2) is 0 Å². The average molecular weight is 763 g/mol. The molecule has 13 aromatic rings. The van der Waals surface area contributed by atoms with Gasteiger partial charge in [0, 0.05) is 38.2 Å². The summed E-state index contributed by atoms with van der Waals surface area (Å²) >= 11 is 0. The number of fused-ring (bicyclic) bond motifs is 10. The van der Waals surface area contributed by atoms with E-state index < -0.39 is 0 Å². The van der Waals surface area contributed by atoms with Crippen molar-refractivity contribution in [2.45, 2.75) is 0 Å². The first-order valence-electron chi connectivity index (χ1n) is 20.5. The normalized spacial score (nSPS) is 12.0. The summed E-state index contributed by atoms with van der Waals surface area (Å²) < 4.78 is 4.70. The highest BCUT2D eigenvalue weighted by atomic mass is 15.2. The van der Waals surface area contributed by atoms with Crippen molar-refractivity contribution in [3.63, 3.8) is 0 Å². The number of hydrogen-bond acceptors (Lipinski definition) is 2. The van der Waals surface area contributed by atoms with E-state index in [1.54, 1.807) is 0 Å². The highest BCUT2D eigenvalue weighted by Gasteiger charge is 2.23. The van der Waals surface area contributed by atoms with Crippen LogP contribution in [0.1, 0.15) is 0 Å². The zero-order chi connectivity index (χ0) is 39.3. The molecule has 13 rings (SSSR count). The molecule has 0 aliphatic carbocycles. The van der Waals surface area contributed by atoms with Crippen molar-refractivity contribution in [3.8, 4) is 34.0 Å². The summed E-state index contributed by atoms with van der Waals surface area (Å²) in [5, 5.41) is 13.0. The molecule has 0 saturated carbocycles. The van der Waals surface area contributed by atoms with Gasteiger partial charge < -0.3 is 4.57 Å². The molecular formula is C56H34N4. The highest BCUT2D eigenvalue weighted by Crippen LogP contribution is 2.43. The summed E-state index contributed by atoms with van der Waals surface area (Å²) in [7, 11) is 0. The van der Waals surface area contributed by atoms with Crippen LogP contribution in [0.15, 0.2) is 206 Å². The average Bonchev–Trinajstić information content (AvgIpc) is 3.81. The van der Waals surface area contributed by atoms with E-state index in [4.69, 9.17) is 9.97 Å². The molecule has 10 aromatic carbocycles. The molecule has 4 heteroatoms. The SMILES string of the molecule is c1ccc(-n2c3cc4ccccc4cc3c3cccc(-c4nc(-n5c6ccc(-c7cccc8ccccc78)cc6c6cc7ccccc7cc65)nc5ccccc45)c32)cc1. The third-order valence-electron chi connectivity index (χ3n) is 12.4. The standard InChI is InChI=1S/C56H34N4/c1-2-20-41(21-3-1)59-52-33-38-17-6-4-15-36(38)30-47(52)44-25-13-26-46(55(44)59)54-45-23-10-11-27-50(45)57-56(58-54)60-51-29-28-40(43-24-12-19-35-14-8-9-22-42(35)43)32-48(51)49-31-37-16-5-7-18-39(37)34-53(49)60/h1-34H. The summed E-state index contributed by atoms with van der Waals surface area (Å²) in [5.74, 6) is 0.641. The monoisotopic (exact) mass is 762 g/mol. The van der Waals surface area contributed by atoms with E-state index in [9.17, 15) is 0 Å². The van der Waals surface area contributed by atoms with Crippen LogP contribution >= 0.6 is 0 Å². The lowest BCUT2D eigenvalue weighted by Gasteiger charge is -2.15. The maximum absolute atomic E-state index is 5.66. The van der Waals surface area contributed by atoms with E-state index in [1.807, 2.05) is 0 Å². The first kappa shape index (κ1) is 32.9. The number of para-hydroxylation sites is 3. The van der Waals surface area contributed by atoms with Crippen LogP contribution in [0.2, 0.25) is 0 Å². The summed E-state index contributed by atoms with van der Waals surface area (Å²) in [6.07, 6.45) is 0. The number of rotatable bonds is 4. The van der Waals surface area contributed by atoms with E-state index in [0.29, 0.717) is 5.95 Å². The molecule has 0 spiro atoms. The molecule has 278 valence electrons.